The summed E-state index contributed by atoms with van der Waals surface area (Å²) >= 11 is 3.49. The molecule has 1 aliphatic heterocycles. The topological polar surface area (TPSA) is 29.5 Å². The maximum absolute atomic E-state index is 13.0. The number of carbonyl (C=O) groups is 1. The molecule has 0 saturated carbocycles. The predicted molar refractivity (Wildman–Crippen MR) is 101 cm³/mol. The minimum Gasteiger partial charge on any atom is -0.476 e. The zero-order chi connectivity index (χ0) is 17.7. The molecule has 0 aliphatic carbocycles. The summed E-state index contributed by atoms with van der Waals surface area (Å²) in [6.45, 7) is 10.1. The molecule has 0 bridgehead atoms. The van der Waals surface area contributed by atoms with Crippen LogP contribution in [0.3, 0.4) is 0 Å². The summed E-state index contributed by atoms with van der Waals surface area (Å²) in [4.78, 5) is 14.7. The van der Waals surface area contributed by atoms with E-state index in [0.29, 0.717) is 0 Å². The number of hydrogen-bond acceptors (Lipinski definition) is 2. The van der Waals surface area contributed by atoms with E-state index >= 15 is 0 Å². The van der Waals surface area contributed by atoms with Crippen LogP contribution in [0.5, 0.6) is 5.75 Å². The molecule has 3 rings (SSSR count). The molecule has 24 heavy (non-hydrogen) atoms. The second kappa shape index (κ2) is 5.62. The molecule has 2 aromatic carbocycles. The smallest absolute Gasteiger partial charge is 0.275 e. The lowest BCUT2D eigenvalue weighted by Gasteiger charge is -2.39. The van der Waals surface area contributed by atoms with Crippen molar-refractivity contribution in [2.24, 2.45) is 0 Å². The number of hydrogen-bond donors (Lipinski definition) is 0. The third kappa shape index (κ3) is 2.95. The summed E-state index contributed by atoms with van der Waals surface area (Å²) in [7, 11) is 0. The first-order valence-corrected chi connectivity index (χ1v) is 8.82. The van der Waals surface area contributed by atoms with E-state index in [1.165, 1.54) is 5.56 Å². The van der Waals surface area contributed by atoms with Gasteiger partial charge in [-0.3, -0.25) is 9.69 Å². The molecule has 0 unspecified atom stereocenters. The molecule has 0 saturated heterocycles. The van der Waals surface area contributed by atoms with Crippen molar-refractivity contribution in [3.63, 3.8) is 0 Å². The van der Waals surface area contributed by atoms with Crippen molar-refractivity contribution in [1.82, 2.24) is 0 Å². The van der Waals surface area contributed by atoms with Crippen molar-refractivity contribution in [3.8, 4) is 5.75 Å². The molecule has 0 fully saturated rings. The summed E-state index contributed by atoms with van der Waals surface area (Å²) in [5.74, 6) is 0.670. The Morgan fingerprint density at radius 1 is 1.08 bits per heavy atom. The molecule has 3 nitrogen and oxygen atoms in total. The van der Waals surface area contributed by atoms with Gasteiger partial charge in [0.1, 0.15) is 5.75 Å². The van der Waals surface area contributed by atoms with Crippen LogP contribution in [0.2, 0.25) is 0 Å². The first-order valence-electron chi connectivity index (χ1n) is 8.03. The monoisotopic (exact) mass is 387 g/mol. The van der Waals surface area contributed by atoms with Gasteiger partial charge < -0.3 is 4.74 Å². The van der Waals surface area contributed by atoms with Crippen molar-refractivity contribution >= 4 is 33.2 Å². The zero-order valence-corrected chi connectivity index (χ0v) is 16.3. The number of halogens is 1. The minimum atomic E-state index is -0.911. The molecule has 4 heteroatoms. The lowest BCUT2D eigenvalue weighted by Crippen LogP contribution is -2.50. The Labute approximate surface area is 151 Å². The van der Waals surface area contributed by atoms with Gasteiger partial charge in [-0.25, -0.2) is 0 Å². The highest BCUT2D eigenvalue weighted by molar-refractivity contribution is 9.10. The number of carbonyl (C=O) groups excluding carboxylic acids is 1. The number of nitrogens with zero attached hydrogens (tertiary/aromatic N) is 1. The van der Waals surface area contributed by atoms with Crippen molar-refractivity contribution < 1.29 is 9.53 Å². The molecule has 0 aromatic heterocycles. The van der Waals surface area contributed by atoms with E-state index in [4.69, 9.17) is 4.74 Å². The van der Waals surface area contributed by atoms with Crippen LogP contribution in [0, 0.1) is 0 Å². The van der Waals surface area contributed by atoms with Gasteiger partial charge in [0.25, 0.3) is 5.91 Å². The summed E-state index contributed by atoms with van der Waals surface area (Å²) in [5.41, 5.74) is 1.90. The average Bonchev–Trinajstić information content (AvgIpc) is 2.46. The summed E-state index contributed by atoms with van der Waals surface area (Å²) in [5, 5.41) is 0. The van der Waals surface area contributed by atoms with Crippen LogP contribution in [-0.2, 0) is 10.2 Å². The quantitative estimate of drug-likeness (QED) is 0.638. The average molecular weight is 388 g/mol. The molecule has 1 aliphatic rings. The fourth-order valence-corrected chi connectivity index (χ4v) is 3.20. The highest BCUT2D eigenvalue weighted by atomic mass is 79.9. The third-order valence-corrected chi connectivity index (χ3v) is 4.71. The van der Waals surface area contributed by atoms with E-state index < -0.39 is 5.60 Å². The second-order valence-corrected chi connectivity index (χ2v) is 8.58. The Morgan fingerprint density at radius 3 is 2.42 bits per heavy atom. The standard InChI is InChI=1S/C20H22BrNO2/c1-19(2,3)13-9-10-16-17(11-13)24-20(4,5)18(23)22(16)15-8-6-7-14(21)12-15/h6-12H,1-5H3. The van der Waals surface area contributed by atoms with E-state index in [1.807, 2.05) is 44.2 Å². The molecule has 0 atom stereocenters. The van der Waals surface area contributed by atoms with Gasteiger partial charge in [0, 0.05) is 4.47 Å². The Hall–Kier alpha value is -1.81. The van der Waals surface area contributed by atoms with Gasteiger partial charge in [0.05, 0.1) is 11.4 Å². The Kier molecular flexibility index (Phi) is 3.99. The van der Waals surface area contributed by atoms with Crippen LogP contribution in [-0.4, -0.2) is 11.5 Å². The van der Waals surface area contributed by atoms with Gasteiger partial charge in [0.2, 0.25) is 0 Å². The fourth-order valence-electron chi connectivity index (χ4n) is 2.82. The fraction of sp³-hybridized carbons (Fsp3) is 0.350. The third-order valence-electron chi connectivity index (χ3n) is 4.22. The van der Waals surface area contributed by atoms with Gasteiger partial charge in [0.15, 0.2) is 5.60 Å². The Bertz CT molecular complexity index is 806. The van der Waals surface area contributed by atoms with Crippen LogP contribution in [0.25, 0.3) is 0 Å². The highest BCUT2D eigenvalue weighted by Gasteiger charge is 2.42. The maximum atomic E-state index is 13.0. The van der Waals surface area contributed by atoms with Crippen molar-refractivity contribution in [3.05, 3.63) is 52.5 Å². The lowest BCUT2D eigenvalue weighted by molar-refractivity contribution is -0.131. The number of rotatable bonds is 1. The van der Waals surface area contributed by atoms with Crippen molar-refractivity contribution in [2.75, 3.05) is 4.90 Å². The van der Waals surface area contributed by atoms with E-state index in [0.717, 1.165) is 21.6 Å². The molecule has 126 valence electrons. The summed E-state index contributed by atoms with van der Waals surface area (Å²) < 4.78 is 6.98. The van der Waals surface area contributed by atoms with Crippen LogP contribution < -0.4 is 9.64 Å². The minimum absolute atomic E-state index is 0.0184. The molecular formula is C20H22BrNO2. The van der Waals surface area contributed by atoms with E-state index in [-0.39, 0.29) is 11.3 Å². The number of fused-ring (bicyclic) bond motifs is 1. The SMILES string of the molecule is CC1(C)Oc2cc(C(C)(C)C)ccc2N(c2cccc(Br)c2)C1=O. The molecule has 2 aromatic rings. The van der Waals surface area contributed by atoms with Gasteiger partial charge >= 0.3 is 0 Å². The Balaban J connectivity index is 2.19. The molecular weight excluding hydrogens is 366 g/mol. The van der Waals surface area contributed by atoms with E-state index in [1.54, 1.807) is 4.90 Å². The Morgan fingerprint density at radius 2 is 1.79 bits per heavy atom. The predicted octanol–water partition coefficient (Wildman–Crippen LogP) is 5.58. The molecule has 0 spiro atoms. The van der Waals surface area contributed by atoms with Crippen LogP contribution in [0.1, 0.15) is 40.2 Å². The van der Waals surface area contributed by atoms with Crippen LogP contribution in [0.4, 0.5) is 11.4 Å². The first kappa shape index (κ1) is 17.0. The molecule has 1 heterocycles. The van der Waals surface area contributed by atoms with E-state index in [9.17, 15) is 4.79 Å². The van der Waals surface area contributed by atoms with Crippen molar-refractivity contribution in [2.45, 2.75) is 45.6 Å². The van der Waals surface area contributed by atoms with Gasteiger partial charge in [-0.15, -0.1) is 0 Å². The molecule has 1 amide bonds. The molecule has 0 radical (unpaired) electrons. The highest BCUT2D eigenvalue weighted by Crippen LogP contribution is 2.44. The number of anilines is 2. The largest absolute Gasteiger partial charge is 0.476 e. The number of ether oxygens (including phenoxy) is 1. The zero-order valence-electron chi connectivity index (χ0n) is 14.7. The van der Waals surface area contributed by atoms with Gasteiger partial charge in [-0.2, -0.15) is 0 Å². The normalized spacial score (nSPS) is 16.6. The first-order chi connectivity index (χ1) is 11.1. The maximum Gasteiger partial charge on any atom is 0.275 e. The number of benzene rings is 2. The lowest BCUT2D eigenvalue weighted by atomic mass is 9.86. The van der Waals surface area contributed by atoms with Crippen molar-refractivity contribution in [1.29, 1.82) is 0 Å². The summed E-state index contributed by atoms with van der Waals surface area (Å²) in [6.07, 6.45) is 0. The van der Waals surface area contributed by atoms with Crippen LogP contribution in [0.15, 0.2) is 46.9 Å². The van der Waals surface area contributed by atoms with Gasteiger partial charge in [-0.05, 0) is 55.2 Å². The van der Waals surface area contributed by atoms with Crippen LogP contribution >= 0.6 is 15.9 Å². The number of amides is 1. The van der Waals surface area contributed by atoms with E-state index in [2.05, 4.69) is 48.8 Å². The summed E-state index contributed by atoms with van der Waals surface area (Å²) in [6, 6.07) is 13.9. The second-order valence-electron chi connectivity index (χ2n) is 7.67. The van der Waals surface area contributed by atoms with Gasteiger partial charge in [-0.1, -0.05) is 48.8 Å². The molecule has 0 N–H and O–H groups in total.